The normalized spacial score (nSPS) is 19.7. The molecule has 1 aliphatic heterocycles. The van der Waals surface area contributed by atoms with Gasteiger partial charge in [-0.15, -0.1) is 0 Å². The smallest absolute Gasteiger partial charge is 0.101 e. The highest BCUT2D eigenvalue weighted by molar-refractivity contribution is 7.80. The van der Waals surface area contributed by atoms with Crippen LogP contribution in [-0.2, 0) is 0 Å². The number of nitrogens with one attached hydrogen (secondary N) is 2. The lowest BCUT2D eigenvalue weighted by molar-refractivity contribution is 0.430. The van der Waals surface area contributed by atoms with Crippen LogP contribution >= 0.6 is 12.2 Å². The van der Waals surface area contributed by atoms with Crippen molar-refractivity contribution in [2.24, 2.45) is 0 Å². The number of hydrogen-bond donors (Lipinski definition) is 2. The molecule has 1 heterocycles. The molecule has 0 bridgehead atoms. The van der Waals surface area contributed by atoms with Crippen LogP contribution in [0.4, 0.5) is 0 Å². The maximum Gasteiger partial charge on any atom is 0.101 e. The van der Waals surface area contributed by atoms with Gasteiger partial charge >= 0.3 is 0 Å². The fourth-order valence-electron chi connectivity index (χ4n) is 2.30. The van der Waals surface area contributed by atoms with Gasteiger partial charge in [0.25, 0.3) is 0 Å². The molecule has 2 nitrogen and oxygen atoms in total. The second-order valence-corrected chi connectivity index (χ2v) is 5.94. The zero-order valence-corrected chi connectivity index (χ0v) is 12.0. The van der Waals surface area contributed by atoms with Crippen LogP contribution in [0.3, 0.4) is 0 Å². The van der Waals surface area contributed by atoms with Crippen molar-refractivity contribution in [2.75, 3.05) is 0 Å². The Labute approximate surface area is 114 Å². The largest absolute Gasteiger partial charge is 0.382 e. The molecule has 0 aliphatic carbocycles. The van der Waals surface area contributed by atoms with Crippen molar-refractivity contribution in [1.82, 2.24) is 10.6 Å². The predicted molar refractivity (Wildman–Crippen MR) is 80.5 cm³/mol. The van der Waals surface area contributed by atoms with Crippen molar-refractivity contribution in [1.29, 1.82) is 0 Å². The number of rotatable bonds is 3. The van der Waals surface area contributed by atoms with Crippen molar-refractivity contribution in [3.8, 4) is 0 Å². The van der Waals surface area contributed by atoms with E-state index in [9.17, 15) is 0 Å². The van der Waals surface area contributed by atoms with E-state index >= 15 is 0 Å². The lowest BCUT2D eigenvalue weighted by Crippen LogP contribution is -2.47. The first-order valence-corrected chi connectivity index (χ1v) is 6.71. The van der Waals surface area contributed by atoms with E-state index in [1.165, 1.54) is 11.3 Å². The molecule has 1 unspecified atom stereocenters. The van der Waals surface area contributed by atoms with Crippen molar-refractivity contribution in [3.63, 3.8) is 0 Å². The van der Waals surface area contributed by atoms with E-state index in [0.717, 1.165) is 11.4 Å². The molecule has 0 fully saturated rings. The molecular weight excluding hydrogens is 240 g/mol. The molecule has 0 saturated carbocycles. The summed E-state index contributed by atoms with van der Waals surface area (Å²) in [6.45, 7) is 6.51. The third kappa shape index (κ3) is 3.33. The lowest BCUT2D eigenvalue weighted by atomic mass is 9.94. The van der Waals surface area contributed by atoms with Crippen LogP contribution in [0.25, 0.3) is 0 Å². The van der Waals surface area contributed by atoms with Gasteiger partial charge in [0.1, 0.15) is 4.99 Å². The Balaban J connectivity index is 2.08. The molecule has 2 N–H and O–H groups in total. The summed E-state index contributed by atoms with van der Waals surface area (Å²) < 4.78 is 0. The minimum Gasteiger partial charge on any atom is -0.382 e. The average molecular weight is 260 g/mol. The Kier molecular flexibility index (Phi) is 3.71. The lowest BCUT2D eigenvalue weighted by Gasteiger charge is -2.34. The van der Waals surface area contributed by atoms with Gasteiger partial charge in [0, 0.05) is 23.7 Å². The summed E-state index contributed by atoms with van der Waals surface area (Å²) in [5.74, 6) is 0. The Hall–Kier alpha value is -1.35. The van der Waals surface area contributed by atoms with Crippen molar-refractivity contribution in [2.45, 2.75) is 38.8 Å². The van der Waals surface area contributed by atoms with Gasteiger partial charge in [-0.3, -0.25) is 0 Å². The third-order valence-corrected chi connectivity index (χ3v) is 3.32. The van der Waals surface area contributed by atoms with Crippen LogP contribution in [0.1, 0.15) is 38.8 Å². The summed E-state index contributed by atoms with van der Waals surface area (Å²) in [6, 6.07) is 10.8. The fraction of sp³-hybridized carbons (Fsp3) is 0.400. The van der Waals surface area contributed by atoms with E-state index in [0.29, 0.717) is 6.04 Å². The number of thiocarbonyl (C=S) groups is 1. The first kappa shape index (κ1) is 13.1. The third-order valence-electron chi connectivity index (χ3n) is 3.10. The molecule has 0 aromatic heterocycles. The average Bonchev–Trinajstić information content (AvgIpc) is 2.27. The van der Waals surface area contributed by atoms with Crippen LogP contribution in [0.2, 0.25) is 0 Å². The molecule has 0 radical (unpaired) electrons. The van der Waals surface area contributed by atoms with Crippen LogP contribution < -0.4 is 10.6 Å². The molecule has 3 heteroatoms. The second-order valence-electron chi connectivity index (χ2n) is 5.50. The SMILES string of the molecule is CC(NC1=CC(=S)NC(C)(C)C1)c1ccccc1. The number of benzene rings is 1. The summed E-state index contributed by atoms with van der Waals surface area (Å²) in [4.78, 5) is 0.814. The van der Waals surface area contributed by atoms with E-state index in [-0.39, 0.29) is 5.54 Å². The van der Waals surface area contributed by atoms with E-state index in [1.54, 1.807) is 0 Å². The Morgan fingerprint density at radius 1 is 1.28 bits per heavy atom. The molecule has 18 heavy (non-hydrogen) atoms. The van der Waals surface area contributed by atoms with Gasteiger partial charge in [0.15, 0.2) is 0 Å². The van der Waals surface area contributed by atoms with E-state index in [1.807, 2.05) is 12.1 Å². The zero-order valence-electron chi connectivity index (χ0n) is 11.2. The van der Waals surface area contributed by atoms with Crippen molar-refractivity contribution in [3.05, 3.63) is 47.7 Å². The van der Waals surface area contributed by atoms with Crippen LogP contribution in [0, 0.1) is 0 Å². The van der Waals surface area contributed by atoms with Gasteiger partial charge in [-0.25, -0.2) is 0 Å². The minimum atomic E-state index is 0.0323. The summed E-state index contributed by atoms with van der Waals surface area (Å²) in [7, 11) is 0. The van der Waals surface area contributed by atoms with Crippen LogP contribution in [0.15, 0.2) is 42.1 Å². The molecule has 0 amide bonds. The van der Waals surface area contributed by atoms with Gasteiger partial charge in [0.2, 0.25) is 0 Å². The Morgan fingerprint density at radius 2 is 1.94 bits per heavy atom. The van der Waals surface area contributed by atoms with Gasteiger partial charge in [-0.05, 0) is 32.4 Å². The highest BCUT2D eigenvalue weighted by Crippen LogP contribution is 2.22. The predicted octanol–water partition coefficient (Wildman–Crippen LogP) is 3.32. The first-order valence-electron chi connectivity index (χ1n) is 6.30. The standard InChI is InChI=1S/C15H20N2S/c1-11(12-7-5-4-6-8-12)16-13-9-14(18)17-15(2,3)10-13/h4-9,11,16H,10H2,1-3H3,(H,17,18). The van der Waals surface area contributed by atoms with Gasteiger partial charge < -0.3 is 10.6 Å². The van der Waals surface area contributed by atoms with E-state index in [2.05, 4.69) is 55.7 Å². The van der Waals surface area contributed by atoms with E-state index in [4.69, 9.17) is 12.2 Å². The van der Waals surface area contributed by atoms with Crippen LogP contribution in [-0.4, -0.2) is 10.5 Å². The maximum absolute atomic E-state index is 5.27. The topological polar surface area (TPSA) is 24.1 Å². The molecule has 0 spiro atoms. The zero-order chi connectivity index (χ0) is 13.2. The van der Waals surface area contributed by atoms with Gasteiger partial charge in [-0.2, -0.15) is 0 Å². The quantitative estimate of drug-likeness (QED) is 0.815. The highest BCUT2D eigenvalue weighted by Gasteiger charge is 2.25. The maximum atomic E-state index is 5.27. The summed E-state index contributed by atoms with van der Waals surface area (Å²) in [5, 5.41) is 6.87. The fourth-order valence-corrected chi connectivity index (χ4v) is 2.71. The molecule has 2 rings (SSSR count). The Bertz CT molecular complexity index is 463. The molecular formula is C15H20N2S. The van der Waals surface area contributed by atoms with Crippen molar-refractivity contribution >= 4 is 17.2 Å². The molecule has 1 aromatic rings. The first-order chi connectivity index (χ1) is 8.46. The minimum absolute atomic E-state index is 0.0323. The molecule has 1 aliphatic rings. The summed E-state index contributed by atoms with van der Waals surface area (Å²) in [6.07, 6.45) is 2.99. The molecule has 0 saturated heterocycles. The van der Waals surface area contributed by atoms with Crippen LogP contribution in [0.5, 0.6) is 0 Å². The molecule has 1 aromatic carbocycles. The highest BCUT2D eigenvalue weighted by atomic mass is 32.1. The molecule has 1 atom stereocenters. The monoisotopic (exact) mass is 260 g/mol. The summed E-state index contributed by atoms with van der Waals surface area (Å²) in [5.41, 5.74) is 2.53. The Morgan fingerprint density at radius 3 is 2.56 bits per heavy atom. The van der Waals surface area contributed by atoms with Gasteiger partial charge in [-0.1, -0.05) is 42.5 Å². The molecule has 96 valence electrons. The van der Waals surface area contributed by atoms with Crippen molar-refractivity contribution < 1.29 is 0 Å². The summed E-state index contributed by atoms with van der Waals surface area (Å²) >= 11 is 5.27. The second kappa shape index (κ2) is 5.11. The number of hydrogen-bond acceptors (Lipinski definition) is 2. The van der Waals surface area contributed by atoms with E-state index < -0.39 is 0 Å². The van der Waals surface area contributed by atoms with Gasteiger partial charge in [0.05, 0.1) is 0 Å².